The summed E-state index contributed by atoms with van der Waals surface area (Å²) in [6.07, 6.45) is 0.209. The number of carbonyl (C=O) groups is 1. The van der Waals surface area contributed by atoms with E-state index in [0.717, 1.165) is 0 Å². The van der Waals surface area contributed by atoms with E-state index in [1.165, 1.54) is 6.07 Å². The van der Waals surface area contributed by atoms with Gasteiger partial charge in [-0.3, -0.25) is 14.9 Å². The number of nitro benzene ring substituents is 1. The molecule has 0 atom stereocenters. The van der Waals surface area contributed by atoms with Crippen molar-refractivity contribution in [3.8, 4) is 0 Å². The maximum atomic E-state index is 11.3. The van der Waals surface area contributed by atoms with E-state index in [2.05, 4.69) is 10.6 Å². The number of anilines is 2. The topological polar surface area (TPSA) is 84.3 Å². The van der Waals surface area contributed by atoms with Crippen LogP contribution in [0, 0.1) is 16.0 Å². The molecule has 0 saturated carbocycles. The molecule has 0 fully saturated rings. The number of amides is 1. The van der Waals surface area contributed by atoms with Crippen molar-refractivity contribution in [2.45, 2.75) is 20.3 Å². The second-order valence-corrected chi connectivity index (χ2v) is 4.78. The van der Waals surface area contributed by atoms with Crippen LogP contribution in [-0.4, -0.2) is 17.4 Å². The molecule has 1 aliphatic rings. The van der Waals surface area contributed by atoms with Crippen molar-refractivity contribution in [3.63, 3.8) is 0 Å². The number of nitrogens with one attached hydrogen (secondary N) is 2. The Labute approximate surface area is 105 Å². The Hall–Kier alpha value is -2.11. The molecule has 0 unspecified atom stereocenters. The van der Waals surface area contributed by atoms with Crippen LogP contribution in [0.3, 0.4) is 0 Å². The Kier molecular flexibility index (Phi) is 3.18. The molecule has 6 heteroatoms. The molecule has 1 aromatic carbocycles. The summed E-state index contributed by atoms with van der Waals surface area (Å²) in [4.78, 5) is 21.8. The van der Waals surface area contributed by atoms with Gasteiger partial charge in [0.25, 0.3) is 5.69 Å². The molecule has 0 aromatic heterocycles. The zero-order chi connectivity index (χ0) is 13.3. The number of hydrogen-bond donors (Lipinski definition) is 2. The fourth-order valence-corrected chi connectivity index (χ4v) is 1.87. The molecule has 1 heterocycles. The Morgan fingerprint density at radius 2 is 2.22 bits per heavy atom. The van der Waals surface area contributed by atoms with Crippen LogP contribution < -0.4 is 10.6 Å². The smallest absolute Gasteiger partial charge is 0.292 e. The quantitative estimate of drug-likeness (QED) is 0.632. The second kappa shape index (κ2) is 4.64. The van der Waals surface area contributed by atoms with Crippen molar-refractivity contribution in [2.75, 3.05) is 17.2 Å². The SMILES string of the molecule is CC(C)CNc1cc2c(cc1[N+](=O)[O-])CC(=O)N2. The zero-order valence-electron chi connectivity index (χ0n) is 10.3. The van der Waals surface area contributed by atoms with Crippen LogP contribution in [0.5, 0.6) is 0 Å². The minimum Gasteiger partial charge on any atom is -0.379 e. The summed E-state index contributed by atoms with van der Waals surface area (Å²) in [6, 6.07) is 3.11. The predicted molar refractivity (Wildman–Crippen MR) is 68.8 cm³/mol. The molecule has 1 aliphatic heterocycles. The molecule has 0 spiro atoms. The minimum atomic E-state index is -0.425. The standard InChI is InChI=1S/C12H15N3O3/c1-7(2)6-13-10-5-9-8(4-12(16)14-9)3-11(10)15(17)18/h3,5,7,13H,4,6H2,1-2H3,(H,14,16). The lowest BCUT2D eigenvalue weighted by Crippen LogP contribution is -2.10. The van der Waals surface area contributed by atoms with Gasteiger partial charge in [0.2, 0.25) is 5.91 Å². The number of rotatable bonds is 4. The Bertz CT molecular complexity index is 512. The van der Waals surface area contributed by atoms with E-state index in [4.69, 9.17) is 0 Å². The van der Waals surface area contributed by atoms with Gasteiger partial charge in [-0.05, 0) is 17.5 Å². The fraction of sp³-hybridized carbons (Fsp3) is 0.417. The Morgan fingerprint density at radius 3 is 2.83 bits per heavy atom. The summed E-state index contributed by atoms with van der Waals surface area (Å²) in [5, 5.41) is 16.7. The van der Waals surface area contributed by atoms with Crippen LogP contribution in [0.2, 0.25) is 0 Å². The van der Waals surface area contributed by atoms with E-state index in [-0.39, 0.29) is 18.0 Å². The van der Waals surface area contributed by atoms with E-state index in [1.807, 2.05) is 13.8 Å². The highest BCUT2D eigenvalue weighted by molar-refractivity contribution is 6.00. The van der Waals surface area contributed by atoms with Crippen molar-refractivity contribution < 1.29 is 9.72 Å². The van der Waals surface area contributed by atoms with Crippen molar-refractivity contribution in [1.82, 2.24) is 0 Å². The van der Waals surface area contributed by atoms with Crippen LogP contribution >= 0.6 is 0 Å². The summed E-state index contributed by atoms with van der Waals surface area (Å²) in [6.45, 7) is 4.69. The first kappa shape index (κ1) is 12.3. The van der Waals surface area contributed by atoms with E-state index >= 15 is 0 Å². The van der Waals surface area contributed by atoms with E-state index in [9.17, 15) is 14.9 Å². The molecule has 0 bridgehead atoms. The first-order chi connectivity index (χ1) is 8.47. The first-order valence-electron chi connectivity index (χ1n) is 5.82. The minimum absolute atomic E-state index is 0.0194. The van der Waals surface area contributed by atoms with E-state index < -0.39 is 4.92 Å². The molecule has 2 rings (SSSR count). The summed E-state index contributed by atoms with van der Waals surface area (Å²) in [5.41, 5.74) is 1.82. The number of benzene rings is 1. The van der Waals surface area contributed by atoms with Crippen LogP contribution in [0.1, 0.15) is 19.4 Å². The average Bonchev–Trinajstić information content (AvgIpc) is 2.63. The number of fused-ring (bicyclic) bond motifs is 1. The van der Waals surface area contributed by atoms with Crippen molar-refractivity contribution >= 4 is 23.0 Å². The molecule has 96 valence electrons. The second-order valence-electron chi connectivity index (χ2n) is 4.78. The highest BCUT2D eigenvalue weighted by Crippen LogP contribution is 2.34. The molecular formula is C12H15N3O3. The largest absolute Gasteiger partial charge is 0.379 e. The number of hydrogen-bond acceptors (Lipinski definition) is 4. The third-order valence-corrected chi connectivity index (χ3v) is 2.74. The van der Waals surface area contributed by atoms with Crippen LogP contribution in [0.25, 0.3) is 0 Å². The Balaban J connectivity index is 2.35. The van der Waals surface area contributed by atoms with E-state index in [0.29, 0.717) is 29.4 Å². The van der Waals surface area contributed by atoms with Crippen LogP contribution in [0.15, 0.2) is 12.1 Å². The molecular weight excluding hydrogens is 234 g/mol. The molecule has 0 saturated heterocycles. The Morgan fingerprint density at radius 1 is 1.50 bits per heavy atom. The number of nitrogens with zero attached hydrogens (tertiary/aromatic N) is 1. The van der Waals surface area contributed by atoms with Crippen molar-refractivity contribution in [3.05, 3.63) is 27.8 Å². The molecule has 1 aromatic rings. The van der Waals surface area contributed by atoms with Crippen molar-refractivity contribution in [2.24, 2.45) is 5.92 Å². The number of carbonyl (C=O) groups excluding carboxylic acids is 1. The monoisotopic (exact) mass is 249 g/mol. The molecule has 0 radical (unpaired) electrons. The summed E-state index contributed by atoms with van der Waals surface area (Å²) >= 11 is 0. The first-order valence-corrected chi connectivity index (χ1v) is 5.82. The van der Waals surface area contributed by atoms with Gasteiger partial charge in [0.1, 0.15) is 5.69 Å². The number of nitro groups is 1. The highest BCUT2D eigenvalue weighted by atomic mass is 16.6. The van der Waals surface area contributed by atoms with Gasteiger partial charge in [0, 0.05) is 18.3 Å². The summed E-state index contributed by atoms with van der Waals surface area (Å²) < 4.78 is 0. The van der Waals surface area contributed by atoms with Gasteiger partial charge in [0.05, 0.1) is 11.3 Å². The van der Waals surface area contributed by atoms with Gasteiger partial charge in [0.15, 0.2) is 0 Å². The van der Waals surface area contributed by atoms with Gasteiger partial charge in [-0.2, -0.15) is 0 Å². The van der Waals surface area contributed by atoms with Crippen molar-refractivity contribution in [1.29, 1.82) is 0 Å². The van der Waals surface area contributed by atoms with Gasteiger partial charge >= 0.3 is 0 Å². The maximum absolute atomic E-state index is 11.3. The molecule has 0 aliphatic carbocycles. The third-order valence-electron chi connectivity index (χ3n) is 2.74. The maximum Gasteiger partial charge on any atom is 0.292 e. The fourth-order valence-electron chi connectivity index (χ4n) is 1.87. The molecule has 2 N–H and O–H groups in total. The average molecular weight is 249 g/mol. The van der Waals surface area contributed by atoms with Gasteiger partial charge in [-0.25, -0.2) is 0 Å². The lowest BCUT2D eigenvalue weighted by molar-refractivity contribution is -0.384. The van der Waals surface area contributed by atoms with Crippen LogP contribution in [0.4, 0.5) is 17.1 Å². The van der Waals surface area contributed by atoms with E-state index in [1.54, 1.807) is 6.07 Å². The summed E-state index contributed by atoms with van der Waals surface area (Å²) in [7, 11) is 0. The predicted octanol–water partition coefficient (Wildman–Crippen LogP) is 2.16. The summed E-state index contributed by atoms with van der Waals surface area (Å²) in [5.74, 6) is 0.257. The lowest BCUT2D eigenvalue weighted by atomic mass is 10.1. The third kappa shape index (κ3) is 2.42. The lowest BCUT2D eigenvalue weighted by Gasteiger charge is -2.10. The van der Waals surface area contributed by atoms with Gasteiger partial charge < -0.3 is 10.6 Å². The molecule has 6 nitrogen and oxygen atoms in total. The normalized spacial score (nSPS) is 13.4. The molecule has 18 heavy (non-hydrogen) atoms. The zero-order valence-corrected chi connectivity index (χ0v) is 10.3. The highest BCUT2D eigenvalue weighted by Gasteiger charge is 2.24. The molecule has 1 amide bonds. The van der Waals surface area contributed by atoms with Crippen LogP contribution in [-0.2, 0) is 11.2 Å². The van der Waals surface area contributed by atoms with Gasteiger partial charge in [-0.15, -0.1) is 0 Å². The van der Waals surface area contributed by atoms with Gasteiger partial charge in [-0.1, -0.05) is 13.8 Å².